The predicted octanol–water partition coefficient (Wildman–Crippen LogP) is 1.99. The Kier molecular flexibility index (Phi) is 18.9. The predicted molar refractivity (Wildman–Crippen MR) is 209 cm³/mol. The molecular formula is C42H69NO15. The molecule has 16 nitrogen and oxygen atoms in total. The lowest BCUT2D eigenvalue weighted by Crippen LogP contribution is -2.63. The molecule has 4 aliphatic rings. The van der Waals surface area contributed by atoms with Crippen LogP contribution in [-0.4, -0.2) is 172 Å². The van der Waals surface area contributed by atoms with E-state index in [4.69, 9.17) is 42.6 Å². The number of rotatable bonds is 9. The third-order valence-corrected chi connectivity index (χ3v) is 12.0. The first-order chi connectivity index (χ1) is 27.5. The molecule has 3 saturated heterocycles. The number of fused-ring (bicyclic) bond motifs is 3. The molecule has 4 aliphatic heterocycles. The van der Waals surface area contributed by atoms with Gasteiger partial charge in [-0.2, -0.15) is 0 Å². The van der Waals surface area contributed by atoms with Gasteiger partial charge < -0.3 is 62.9 Å². The average molecular weight is 828 g/mol. The van der Waals surface area contributed by atoms with E-state index in [1.807, 2.05) is 33.8 Å². The largest absolute Gasteiger partial charge is 0.462 e. The molecule has 0 aliphatic carbocycles. The smallest absolute Gasteiger partial charge is 0.308 e. The highest BCUT2D eigenvalue weighted by Gasteiger charge is 2.48. The maximum atomic E-state index is 14.1. The summed E-state index contributed by atoms with van der Waals surface area (Å²) >= 11 is 0. The van der Waals surface area contributed by atoms with E-state index in [0.29, 0.717) is 19.3 Å². The van der Waals surface area contributed by atoms with Gasteiger partial charge in [-0.25, -0.2) is 0 Å². The number of nitrogens with zero attached hydrogens (tertiary/aromatic N) is 1. The summed E-state index contributed by atoms with van der Waals surface area (Å²) < 4.78 is 54.5. The summed E-state index contributed by atoms with van der Waals surface area (Å²) in [5.41, 5.74) is 0.739. The van der Waals surface area contributed by atoms with E-state index >= 15 is 0 Å². The van der Waals surface area contributed by atoms with Crippen molar-refractivity contribution < 1.29 is 72.3 Å². The van der Waals surface area contributed by atoms with Crippen molar-refractivity contribution in [1.29, 1.82) is 0 Å². The van der Waals surface area contributed by atoms with E-state index in [1.54, 1.807) is 38.9 Å². The van der Waals surface area contributed by atoms with E-state index in [1.165, 1.54) is 20.3 Å². The van der Waals surface area contributed by atoms with Crippen LogP contribution in [0.4, 0.5) is 0 Å². The van der Waals surface area contributed by atoms with Crippen molar-refractivity contribution in [3.8, 4) is 0 Å². The number of aliphatic hydroxyl groups excluding tert-OH is 3. The minimum atomic E-state index is -1.25. The number of cyclic esters (lactones) is 1. The molecular weight excluding hydrogens is 758 g/mol. The summed E-state index contributed by atoms with van der Waals surface area (Å²) in [6.07, 6.45) is -4.32. The van der Waals surface area contributed by atoms with Crippen molar-refractivity contribution >= 4 is 17.5 Å². The number of esters is 1. The first kappa shape index (κ1) is 48.5. The second kappa shape index (κ2) is 22.6. The fraction of sp³-hybridized carbons (Fsp3) is 0.833. The molecule has 332 valence electrons. The highest BCUT2D eigenvalue weighted by atomic mass is 16.7. The van der Waals surface area contributed by atoms with Gasteiger partial charge in [-0.05, 0) is 66.1 Å². The zero-order chi connectivity index (χ0) is 42.8. The number of hydrogen-bond donors (Lipinski definition) is 3. The number of hydrogen-bond acceptors (Lipinski definition) is 16. The number of likely N-dealkylation sites (N-methyl/N-ethyl adjacent to an activating group) is 1. The fourth-order valence-corrected chi connectivity index (χ4v) is 8.55. The molecule has 3 N–H and O–H groups in total. The van der Waals surface area contributed by atoms with Crippen LogP contribution in [0, 0.1) is 23.7 Å². The zero-order valence-electron chi connectivity index (χ0n) is 35.9. The molecule has 0 saturated carbocycles. The molecule has 0 aromatic carbocycles. The number of ketones is 2. The van der Waals surface area contributed by atoms with Crippen LogP contribution in [-0.2, 0) is 57.0 Å². The van der Waals surface area contributed by atoms with Crippen molar-refractivity contribution in [1.82, 2.24) is 4.90 Å². The Labute approximate surface area is 343 Å². The molecule has 2 unspecified atom stereocenters. The van der Waals surface area contributed by atoms with Crippen LogP contribution in [0.25, 0.3) is 0 Å². The van der Waals surface area contributed by atoms with Gasteiger partial charge in [-0.15, -0.1) is 0 Å². The Balaban J connectivity index is 1.71. The zero-order valence-corrected chi connectivity index (χ0v) is 35.9. The quantitative estimate of drug-likeness (QED) is 0.285. The van der Waals surface area contributed by atoms with Crippen molar-refractivity contribution in [2.45, 2.75) is 147 Å². The van der Waals surface area contributed by atoms with Gasteiger partial charge in [-0.3, -0.25) is 14.4 Å². The summed E-state index contributed by atoms with van der Waals surface area (Å²) in [5, 5.41) is 33.1. The Hall–Kier alpha value is -2.19. The topological polar surface area (TPSA) is 198 Å². The molecule has 2 bridgehead atoms. The second-order valence-corrected chi connectivity index (χ2v) is 16.6. The van der Waals surface area contributed by atoms with Gasteiger partial charge in [0.2, 0.25) is 0 Å². The SMILES string of the molecule is CC[C@H]1OC(=O)C[C@H]2OCC(=O)COCC[C@@H](C[C@@H](C)C(=O)/C=C/C(C)=C/[C@@H]1COC1O[C@H](C)[C@@H](O)[C@@H](OC)[C@H]1OC)[C@H](OC1O[C@H](C)[C@@H](O)[C@H](N(C)C)[C@H]1O)[C@H]2C. The van der Waals surface area contributed by atoms with Gasteiger partial charge in [0.05, 0.1) is 49.6 Å². The van der Waals surface area contributed by atoms with Gasteiger partial charge in [0.15, 0.2) is 24.1 Å². The van der Waals surface area contributed by atoms with E-state index in [9.17, 15) is 29.7 Å². The average Bonchev–Trinajstić information content (AvgIpc) is 3.20. The lowest BCUT2D eigenvalue weighted by molar-refractivity contribution is -0.305. The number of methoxy groups -OCH3 is 2. The van der Waals surface area contributed by atoms with Crippen LogP contribution in [0.15, 0.2) is 23.8 Å². The minimum absolute atomic E-state index is 0.0261. The van der Waals surface area contributed by atoms with Crippen molar-refractivity contribution in [3.63, 3.8) is 0 Å². The molecule has 0 radical (unpaired) electrons. The molecule has 4 rings (SSSR count). The van der Waals surface area contributed by atoms with Crippen LogP contribution >= 0.6 is 0 Å². The Morgan fingerprint density at radius 3 is 2.19 bits per heavy atom. The maximum absolute atomic E-state index is 14.1. The summed E-state index contributed by atoms with van der Waals surface area (Å²) in [4.78, 5) is 42.4. The summed E-state index contributed by atoms with van der Waals surface area (Å²) in [7, 11) is 6.47. The van der Waals surface area contributed by atoms with Gasteiger partial charge in [0.25, 0.3) is 0 Å². The fourth-order valence-electron chi connectivity index (χ4n) is 8.55. The molecule has 58 heavy (non-hydrogen) atoms. The van der Waals surface area contributed by atoms with Gasteiger partial charge in [-0.1, -0.05) is 38.5 Å². The molecule has 4 heterocycles. The van der Waals surface area contributed by atoms with Crippen LogP contribution in [0.3, 0.4) is 0 Å². The standard InChI is InChI=1S/C42H69NO15/c1-11-31-28(19-54-42-40(51-10)39(50-9)36(48)26(6)56-42)16-22(2)12-13-30(45)23(3)17-27-14-15-52-20-29(44)21-53-32(18-33(46)57-31)24(4)38(27)58-41-37(49)34(43(7)8)35(47)25(5)55-41/h12-13,16,23-28,31-32,34-42,47-49H,11,14-15,17-21H2,1-10H3/b13-12+,22-16+/t23-,24+,25-,26-,27+,28-,31-,32-,34+,35-,36-,37-,38-,39-,40-,41?,42?/m1/s1. The molecule has 17 atom stereocenters. The number of Topliss-reactive ketones (excluding diaryl/α,β-unsaturated/α-hetero) is 1. The van der Waals surface area contributed by atoms with Crippen molar-refractivity contribution in [2.75, 3.05) is 54.7 Å². The first-order valence-corrected chi connectivity index (χ1v) is 20.7. The molecule has 0 spiro atoms. The van der Waals surface area contributed by atoms with Gasteiger partial charge >= 0.3 is 5.97 Å². The van der Waals surface area contributed by atoms with E-state index in [0.717, 1.165) is 5.57 Å². The summed E-state index contributed by atoms with van der Waals surface area (Å²) in [6, 6.07) is -0.704. The van der Waals surface area contributed by atoms with Crippen LogP contribution in [0.5, 0.6) is 0 Å². The number of ether oxygens (including phenoxy) is 9. The van der Waals surface area contributed by atoms with Crippen LogP contribution in [0.2, 0.25) is 0 Å². The molecule has 0 aromatic heterocycles. The number of aliphatic hydroxyl groups is 3. The summed E-state index contributed by atoms with van der Waals surface area (Å²) in [6.45, 7) is 10.6. The second-order valence-electron chi connectivity index (χ2n) is 16.6. The van der Waals surface area contributed by atoms with Crippen LogP contribution < -0.4 is 0 Å². The molecule has 0 amide bonds. The van der Waals surface area contributed by atoms with E-state index < -0.39 is 103 Å². The normalized spacial score (nSPS) is 43.3. The Morgan fingerprint density at radius 1 is 0.862 bits per heavy atom. The maximum Gasteiger partial charge on any atom is 0.308 e. The van der Waals surface area contributed by atoms with Crippen molar-refractivity contribution in [3.05, 3.63) is 23.8 Å². The molecule has 0 aromatic rings. The minimum Gasteiger partial charge on any atom is -0.462 e. The third kappa shape index (κ3) is 12.4. The first-order valence-electron chi connectivity index (χ1n) is 20.7. The van der Waals surface area contributed by atoms with Gasteiger partial charge in [0, 0.05) is 38.6 Å². The Morgan fingerprint density at radius 2 is 1.53 bits per heavy atom. The van der Waals surface area contributed by atoms with E-state index in [-0.39, 0.29) is 50.3 Å². The van der Waals surface area contributed by atoms with Gasteiger partial charge in [0.1, 0.15) is 43.7 Å². The summed E-state index contributed by atoms with van der Waals surface area (Å²) in [5.74, 6) is -2.95. The molecule has 3 fully saturated rings. The number of carbonyl (C=O) groups excluding carboxylic acids is 3. The highest BCUT2D eigenvalue weighted by molar-refractivity contribution is 5.91. The van der Waals surface area contributed by atoms with Crippen LogP contribution in [0.1, 0.15) is 67.2 Å². The van der Waals surface area contributed by atoms with Crippen molar-refractivity contribution in [2.24, 2.45) is 23.7 Å². The molecule has 16 heteroatoms. The third-order valence-electron chi connectivity index (χ3n) is 12.0. The lowest BCUT2D eigenvalue weighted by atomic mass is 9.79. The lowest BCUT2D eigenvalue weighted by Gasteiger charge is -2.47. The number of carbonyl (C=O) groups is 3. The Bertz CT molecular complexity index is 1390. The highest BCUT2D eigenvalue weighted by Crippen LogP contribution is 2.36. The number of allylic oxidation sites excluding steroid dienone is 3. The van der Waals surface area contributed by atoms with E-state index in [2.05, 4.69) is 0 Å². The monoisotopic (exact) mass is 827 g/mol.